The normalized spacial score (nSPS) is 9.85. The summed E-state index contributed by atoms with van der Waals surface area (Å²) in [5.41, 5.74) is 0.812. The molecule has 2 rings (SSSR count). The largest absolute Gasteiger partial charge is 0.478 e. The molecule has 0 radical (unpaired) electrons. The van der Waals surface area contributed by atoms with Crippen molar-refractivity contribution in [3.8, 4) is 17.6 Å². The monoisotopic (exact) mass is 271 g/mol. The third-order valence-electron chi connectivity index (χ3n) is 2.65. The number of hydrogen-bond donors (Lipinski definition) is 1. The minimum Gasteiger partial charge on any atom is -0.478 e. The van der Waals surface area contributed by atoms with Gasteiger partial charge in [0.05, 0.1) is 11.1 Å². The SMILES string of the molecule is Cc1ccc(F)c(Oc2ccc(C(=O)O)cc2C#N)c1. The molecule has 1 N–H and O–H groups in total. The van der Waals surface area contributed by atoms with E-state index in [1.54, 1.807) is 13.0 Å². The zero-order valence-electron chi connectivity index (χ0n) is 10.6. The van der Waals surface area contributed by atoms with Gasteiger partial charge in [0, 0.05) is 0 Å². The van der Waals surface area contributed by atoms with E-state index in [1.165, 1.54) is 30.3 Å². The maximum absolute atomic E-state index is 13.6. The second-order valence-electron chi connectivity index (χ2n) is 4.16. The number of nitriles is 1. The fourth-order valence-corrected chi connectivity index (χ4v) is 1.65. The van der Waals surface area contributed by atoms with Crippen LogP contribution in [0.15, 0.2) is 36.4 Å². The number of ether oxygens (including phenoxy) is 1. The Morgan fingerprint density at radius 1 is 1.25 bits per heavy atom. The molecule has 0 saturated heterocycles. The van der Waals surface area contributed by atoms with E-state index in [-0.39, 0.29) is 22.6 Å². The van der Waals surface area contributed by atoms with E-state index >= 15 is 0 Å². The van der Waals surface area contributed by atoms with Gasteiger partial charge in [-0.15, -0.1) is 0 Å². The van der Waals surface area contributed by atoms with Gasteiger partial charge in [0.2, 0.25) is 0 Å². The quantitative estimate of drug-likeness (QED) is 0.927. The number of carbonyl (C=O) groups is 1. The van der Waals surface area contributed by atoms with Crippen LogP contribution >= 0.6 is 0 Å². The number of carboxylic acid groups (broad SMARTS) is 1. The highest BCUT2D eigenvalue weighted by atomic mass is 19.1. The van der Waals surface area contributed by atoms with Crippen LogP contribution in [0.4, 0.5) is 4.39 Å². The smallest absolute Gasteiger partial charge is 0.335 e. The Hall–Kier alpha value is -2.87. The van der Waals surface area contributed by atoms with Crippen molar-refractivity contribution in [2.45, 2.75) is 6.92 Å². The lowest BCUT2D eigenvalue weighted by Gasteiger charge is -2.09. The number of halogens is 1. The van der Waals surface area contributed by atoms with Crippen molar-refractivity contribution in [1.29, 1.82) is 5.26 Å². The van der Waals surface area contributed by atoms with E-state index in [9.17, 15) is 9.18 Å². The number of aromatic carboxylic acids is 1. The van der Waals surface area contributed by atoms with E-state index in [1.807, 2.05) is 6.07 Å². The molecule has 0 heterocycles. The second kappa shape index (κ2) is 5.41. The van der Waals surface area contributed by atoms with Crippen LogP contribution in [-0.4, -0.2) is 11.1 Å². The fourth-order valence-electron chi connectivity index (χ4n) is 1.65. The minimum absolute atomic E-state index is 0.00965. The van der Waals surface area contributed by atoms with Gasteiger partial charge in [0.1, 0.15) is 11.8 Å². The summed E-state index contributed by atoms with van der Waals surface area (Å²) in [6.07, 6.45) is 0. The molecule has 0 bridgehead atoms. The zero-order chi connectivity index (χ0) is 14.7. The number of aryl methyl sites for hydroxylation is 1. The molecule has 0 aliphatic carbocycles. The van der Waals surface area contributed by atoms with Gasteiger partial charge in [-0.25, -0.2) is 9.18 Å². The van der Waals surface area contributed by atoms with Gasteiger partial charge in [-0.05, 0) is 42.8 Å². The molecule has 0 fully saturated rings. The molecule has 100 valence electrons. The summed E-state index contributed by atoms with van der Waals surface area (Å²) in [6.45, 7) is 1.78. The first-order chi connectivity index (χ1) is 9.51. The molecule has 4 nitrogen and oxygen atoms in total. The molecule has 0 unspecified atom stereocenters. The average Bonchev–Trinajstić information content (AvgIpc) is 2.43. The van der Waals surface area contributed by atoms with Crippen molar-refractivity contribution in [2.24, 2.45) is 0 Å². The Kier molecular flexibility index (Phi) is 3.67. The van der Waals surface area contributed by atoms with Crippen molar-refractivity contribution in [3.63, 3.8) is 0 Å². The standard InChI is InChI=1S/C15H10FNO3/c1-9-2-4-12(16)14(6-9)20-13-5-3-10(15(18)19)7-11(13)8-17/h2-7H,1H3,(H,18,19). The summed E-state index contributed by atoms with van der Waals surface area (Å²) in [7, 11) is 0. The summed E-state index contributed by atoms with van der Waals surface area (Å²) >= 11 is 0. The van der Waals surface area contributed by atoms with E-state index in [2.05, 4.69) is 0 Å². The van der Waals surface area contributed by atoms with Gasteiger partial charge in [0.15, 0.2) is 11.6 Å². The van der Waals surface area contributed by atoms with Crippen molar-refractivity contribution in [3.05, 3.63) is 58.9 Å². The zero-order valence-corrected chi connectivity index (χ0v) is 10.6. The number of rotatable bonds is 3. The molecule has 5 heteroatoms. The van der Waals surface area contributed by atoms with Crippen LogP contribution in [0.5, 0.6) is 11.5 Å². The maximum Gasteiger partial charge on any atom is 0.335 e. The first kappa shape index (κ1) is 13.6. The molecule has 0 atom stereocenters. The molecule has 0 amide bonds. The third-order valence-corrected chi connectivity index (χ3v) is 2.65. The minimum atomic E-state index is -1.14. The molecule has 0 aliphatic heterocycles. The van der Waals surface area contributed by atoms with Gasteiger partial charge in [0.25, 0.3) is 0 Å². The summed E-state index contributed by atoms with van der Waals surface area (Å²) in [5.74, 6) is -1.59. The highest BCUT2D eigenvalue weighted by Crippen LogP contribution is 2.28. The predicted molar refractivity (Wildman–Crippen MR) is 69.3 cm³/mol. The number of benzene rings is 2. The molecule has 20 heavy (non-hydrogen) atoms. The van der Waals surface area contributed by atoms with Crippen molar-refractivity contribution < 1.29 is 19.0 Å². The third kappa shape index (κ3) is 2.75. The highest BCUT2D eigenvalue weighted by Gasteiger charge is 2.12. The van der Waals surface area contributed by atoms with E-state index < -0.39 is 11.8 Å². The van der Waals surface area contributed by atoms with Gasteiger partial charge in [-0.3, -0.25) is 0 Å². The Bertz CT molecular complexity index is 720. The van der Waals surface area contributed by atoms with Crippen LogP contribution < -0.4 is 4.74 Å². The Balaban J connectivity index is 2.41. The van der Waals surface area contributed by atoms with Crippen LogP contribution in [0.25, 0.3) is 0 Å². The Morgan fingerprint density at radius 2 is 2.00 bits per heavy atom. The Morgan fingerprint density at radius 3 is 2.65 bits per heavy atom. The predicted octanol–water partition coefficient (Wildman–Crippen LogP) is 3.50. The van der Waals surface area contributed by atoms with Crippen molar-refractivity contribution >= 4 is 5.97 Å². The number of carboxylic acids is 1. The van der Waals surface area contributed by atoms with Crippen LogP contribution in [-0.2, 0) is 0 Å². The maximum atomic E-state index is 13.6. The number of nitrogens with zero attached hydrogens (tertiary/aromatic N) is 1. The van der Waals surface area contributed by atoms with Crippen LogP contribution in [0.1, 0.15) is 21.5 Å². The van der Waals surface area contributed by atoms with E-state index in [0.29, 0.717) is 0 Å². The molecule has 0 aromatic heterocycles. The van der Waals surface area contributed by atoms with Crippen LogP contribution in [0.3, 0.4) is 0 Å². The number of hydrogen-bond acceptors (Lipinski definition) is 3. The highest BCUT2D eigenvalue weighted by molar-refractivity contribution is 5.88. The van der Waals surface area contributed by atoms with Crippen LogP contribution in [0.2, 0.25) is 0 Å². The fraction of sp³-hybridized carbons (Fsp3) is 0.0667. The molecule has 0 saturated carbocycles. The lowest BCUT2D eigenvalue weighted by molar-refractivity contribution is 0.0697. The van der Waals surface area contributed by atoms with Crippen LogP contribution in [0, 0.1) is 24.1 Å². The van der Waals surface area contributed by atoms with E-state index in [0.717, 1.165) is 5.56 Å². The molecule has 2 aromatic rings. The lowest BCUT2D eigenvalue weighted by Crippen LogP contribution is -1.98. The summed E-state index contributed by atoms with van der Waals surface area (Å²) in [4.78, 5) is 10.8. The molecule has 0 aliphatic rings. The summed E-state index contributed by atoms with van der Waals surface area (Å²) < 4.78 is 19.0. The van der Waals surface area contributed by atoms with Gasteiger partial charge < -0.3 is 9.84 Å². The lowest BCUT2D eigenvalue weighted by atomic mass is 10.1. The molecule has 2 aromatic carbocycles. The first-order valence-corrected chi connectivity index (χ1v) is 5.72. The summed E-state index contributed by atoms with van der Waals surface area (Å²) in [5, 5.41) is 17.9. The van der Waals surface area contributed by atoms with E-state index in [4.69, 9.17) is 15.1 Å². The van der Waals surface area contributed by atoms with Crippen molar-refractivity contribution in [1.82, 2.24) is 0 Å². The van der Waals surface area contributed by atoms with Crippen molar-refractivity contribution in [2.75, 3.05) is 0 Å². The molecular weight excluding hydrogens is 261 g/mol. The molecule has 0 spiro atoms. The second-order valence-corrected chi connectivity index (χ2v) is 4.16. The van der Waals surface area contributed by atoms with Gasteiger partial charge in [-0.1, -0.05) is 6.07 Å². The first-order valence-electron chi connectivity index (χ1n) is 5.72. The average molecular weight is 271 g/mol. The summed E-state index contributed by atoms with van der Waals surface area (Å²) in [6, 6.07) is 10.0. The van der Waals surface area contributed by atoms with Gasteiger partial charge >= 0.3 is 5.97 Å². The molecular formula is C15H10FNO3. The topological polar surface area (TPSA) is 70.3 Å². The van der Waals surface area contributed by atoms with Gasteiger partial charge in [-0.2, -0.15) is 5.26 Å². The Labute approximate surface area is 114 Å².